The Morgan fingerprint density at radius 1 is 0.518 bits per heavy atom. The second-order valence-electron chi connectivity index (χ2n) is 13.7. The number of hydrogen-bond acceptors (Lipinski definition) is 8. The van der Waals surface area contributed by atoms with Gasteiger partial charge in [0.15, 0.2) is 0 Å². The Labute approximate surface area is 320 Å². The quantitative estimate of drug-likeness (QED) is 0.134. The second kappa shape index (κ2) is 16.1. The zero-order valence-corrected chi connectivity index (χ0v) is 30.8. The van der Waals surface area contributed by atoms with Crippen molar-refractivity contribution in [3.63, 3.8) is 0 Å². The molecule has 12 heteroatoms. The molecule has 0 radical (unpaired) electrons. The van der Waals surface area contributed by atoms with E-state index >= 15 is 0 Å². The maximum absolute atomic E-state index is 13.2. The fourth-order valence-electron chi connectivity index (χ4n) is 6.52. The first kappa shape index (κ1) is 37.2. The summed E-state index contributed by atoms with van der Waals surface area (Å²) >= 11 is 0. The van der Waals surface area contributed by atoms with Crippen LogP contribution in [-0.4, -0.2) is 34.5 Å². The lowest BCUT2D eigenvalue weighted by Crippen LogP contribution is -2.23. The summed E-state index contributed by atoms with van der Waals surface area (Å²) in [6.45, 7) is 2.40. The Morgan fingerprint density at radius 3 is 1.29 bits per heavy atom. The molecular weight excluding hydrogens is 713 g/mol. The molecule has 0 fully saturated rings. The van der Waals surface area contributed by atoms with E-state index < -0.39 is 34.4 Å². The van der Waals surface area contributed by atoms with E-state index in [1.165, 1.54) is 30.3 Å². The standard InChI is InChI=1S/C44H38N4O8/c1-27-5-7-28(8-6-27)23-29-9-15-32(16-10-29)45-43(53)55-21-3-4-22-56-44(54)46-33-17-11-30(12-18-33)24-31-13-19-34(20-14-31)48-41(51)37-25-35-36(26-38(37)42(48)52)40(50)47(2)39(35)49/h5-20,25-26H,3-4,21-24H2,1-2H3,(H,45,53)(H,46,54). The van der Waals surface area contributed by atoms with E-state index in [0.29, 0.717) is 36.3 Å². The summed E-state index contributed by atoms with van der Waals surface area (Å²) in [5.74, 6) is 0. The van der Waals surface area contributed by atoms with Crippen molar-refractivity contribution in [1.29, 1.82) is 0 Å². The Hall–Kier alpha value is -7.08. The van der Waals surface area contributed by atoms with Crippen LogP contribution in [0, 0.1) is 6.92 Å². The molecular formula is C44H38N4O8. The first-order valence-electron chi connectivity index (χ1n) is 18.1. The summed E-state index contributed by atoms with van der Waals surface area (Å²) in [6.07, 6.45) is 1.26. The number of amides is 2. The van der Waals surface area contributed by atoms with Crippen LogP contribution in [-0.2, 0) is 29.4 Å². The number of rotatable bonds is 12. The molecule has 5 aromatic carbocycles. The summed E-state index contributed by atoms with van der Waals surface area (Å²) in [6, 6.07) is 32.9. The lowest BCUT2D eigenvalue weighted by Gasteiger charge is -2.09. The molecule has 2 heterocycles. The molecule has 0 saturated carbocycles. The van der Waals surface area contributed by atoms with E-state index in [4.69, 9.17) is 9.47 Å². The third-order valence-corrected chi connectivity index (χ3v) is 9.63. The summed E-state index contributed by atoms with van der Waals surface area (Å²) in [7, 11) is 1.36. The minimum Gasteiger partial charge on any atom is -0.449 e. The van der Waals surface area contributed by atoms with Gasteiger partial charge >= 0.3 is 12.2 Å². The highest BCUT2D eigenvalue weighted by molar-refractivity contribution is 5.98. The first-order chi connectivity index (χ1) is 27.0. The van der Waals surface area contributed by atoms with Gasteiger partial charge in [0.2, 0.25) is 0 Å². The van der Waals surface area contributed by atoms with Gasteiger partial charge in [-0.25, -0.2) is 14.2 Å². The number of carbonyl (C=O) groups excluding carboxylic acids is 2. The van der Waals surface area contributed by atoms with Gasteiger partial charge in [-0.1, -0.05) is 66.2 Å². The molecule has 12 nitrogen and oxygen atoms in total. The average molecular weight is 751 g/mol. The highest BCUT2D eigenvalue weighted by atomic mass is 16.6. The van der Waals surface area contributed by atoms with Crippen LogP contribution in [0.4, 0.5) is 21.0 Å². The molecule has 0 unspecified atom stereocenters. The van der Waals surface area contributed by atoms with Gasteiger partial charge in [-0.05, 0) is 103 Å². The zero-order valence-electron chi connectivity index (χ0n) is 30.8. The molecule has 0 aliphatic heterocycles. The molecule has 2 aromatic heterocycles. The molecule has 0 aliphatic carbocycles. The zero-order chi connectivity index (χ0) is 39.3. The SMILES string of the molecule is Cc1ccc(Cc2ccc(NC(=O)OCCCCOC(=O)Nc3ccc(Cc4ccc(-n5c(=O)c6cc7c(=O)n(C)c(=O)c7cc6c5=O)cc4)cc3)cc2)cc1. The Balaban J connectivity index is 0.824. The van der Waals surface area contributed by atoms with E-state index in [-0.39, 0.29) is 34.8 Å². The minimum absolute atomic E-state index is 0.0887. The number of unbranched alkanes of at least 4 members (excludes halogenated alkanes) is 1. The summed E-state index contributed by atoms with van der Waals surface area (Å²) in [5, 5.41) is 5.83. The number of nitrogens with one attached hydrogen (secondary N) is 2. The fraction of sp³-hybridized carbons (Fsp3) is 0.182. The van der Waals surface area contributed by atoms with Crippen LogP contribution in [0.1, 0.15) is 40.7 Å². The highest BCUT2D eigenvalue weighted by Gasteiger charge is 2.19. The molecule has 0 bridgehead atoms. The lowest BCUT2D eigenvalue weighted by atomic mass is 10.0. The summed E-state index contributed by atoms with van der Waals surface area (Å²) in [4.78, 5) is 75.8. The number of nitrogens with zero attached hydrogens (tertiary/aromatic N) is 2. The maximum Gasteiger partial charge on any atom is 0.411 e. The van der Waals surface area contributed by atoms with Crippen molar-refractivity contribution in [2.75, 3.05) is 23.8 Å². The Bertz CT molecular complexity index is 2680. The predicted molar refractivity (Wildman–Crippen MR) is 216 cm³/mol. The number of aromatic nitrogens is 2. The number of ether oxygens (including phenoxy) is 2. The number of fused-ring (bicyclic) bond motifs is 2. The van der Waals surface area contributed by atoms with Gasteiger partial charge in [0.1, 0.15) is 0 Å². The Kier molecular flexibility index (Phi) is 10.7. The third-order valence-electron chi connectivity index (χ3n) is 9.63. The van der Waals surface area contributed by atoms with E-state index in [0.717, 1.165) is 32.2 Å². The second-order valence-corrected chi connectivity index (χ2v) is 13.7. The van der Waals surface area contributed by atoms with Gasteiger partial charge in [-0.15, -0.1) is 0 Å². The smallest absolute Gasteiger partial charge is 0.411 e. The highest BCUT2D eigenvalue weighted by Crippen LogP contribution is 2.19. The van der Waals surface area contributed by atoms with Crippen LogP contribution in [0.3, 0.4) is 0 Å². The number of carbonyl (C=O) groups is 2. The number of anilines is 2. The topological polar surface area (TPSA) is 155 Å². The monoisotopic (exact) mass is 750 g/mol. The first-order valence-corrected chi connectivity index (χ1v) is 18.1. The molecule has 56 heavy (non-hydrogen) atoms. The van der Waals surface area contributed by atoms with Gasteiger partial charge < -0.3 is 9.47 Å². The van der Waals surface area contributed by atoms with Gasteiger partial charge in [0, 0.05) is 18.4 Å². The number of hydrogen-bond donors (Lipinski definition) is 2. The van der Waals surface area contributed by atoms with Crippen LogP contribution < -0.4 is 32.9 Å². The van der Waals surface area contributed by atoms with E-state index in [1.807, 2.05) is 48.5 Å². The minimum atomic E-state index is -0.596. The Morgan fingerprint density at radius 2 is 0.875 bits per heavy atom. The van der Waals surface area contributed by atoms with Crippen molar-refractivity contribution in [1.82, 2.24) is 9.13 Å². The molecule has 7 rings (SSSR count). The normalized spacial score (nSPS) is 11.2. The van der Waals surface area contributed by atoms with Crippen molar-refractivity contribution in [2.24, 2.45) is 7.05 Å². The number of aryl methyl sites for hydroxylation is 1. The van der Waals surface area contributed by atoms with Crippen LogP contribution in [0.2, 0.25) is 0 Å². The molecule has 0 saturated heterocycles. The maximum atomic E-state index is 13.2. The molecule has 282 valence electrons. The molecule has 0 aliphatic rings. The molecule has 2 N–H and O–H groups in total. The van der Waals surface area contributed by atoms with Crippen molar-refractivity contribution in [3.05, 3.63) is 178 Å². The van der Waals surface area contributed by atoms with Crippen molar-refractivity contribution < 1.29 is 19.1 Å². The predicted octanol–water partition coefficient (Wildman–Crippen LogP) is 6.51. The van der Waals surface area contributed by atoms with Crippen molar-refractivity contribution >= 4 is 45.1 Å². The van der Waals surface area contributed by atoms with Crippen LogP contribution in [0.15, 0.2) is 128 Å². The lowest BCUT2D eigenvalue weighted by molar-refractivity contribution is 0.143. The number of benzene rings is 5. The van der Waals surface area contributed by atoms with E-state index in [2.05, 4.69) is 41.8 Å². The van der Waals surface area contributed by atoms with Crippen LogP contribution in [0.25, 0.3) is 27.2 Å². The van der Waals surface area contributed by atoms with E-state index in [1.54, 1.807) is 24.3 Å². The molecule has 2 amide bonds. The van der Waals surface area contributed by atoms with Crippen molar-refractivity contribution in [2.45, 2.75) is 32.6 Å². The third kappa shape index (κ3) is 8.19. The van der Waals surface area contributed by atoms with Gasteiger partial charge in [-0.3, -0.25) is 34.4 Å². The van der Waals surface area contributed by atoms with Crippen LogP contribution >= 0.6 is 0 Å². The van der Waals surface area contributed by atoms with Crippen LogP contribution in [0.5, 0.6) is 0 Å². The van der Waals surface area contributed by atoms with Gasteiger partial charge in [0.25, 0.3) is 22.2 Å². The average Bonchev–Trinajstić information content (AvgIpc) is 3.57. The molecule has 7 aromatic rings. The van der Waals surface area contributed by atoms with Crippen molar-refractivity contribution in [3.8, 4) is 5.69 Å². The summed E-state index contributed by atoms with van der Waals surface area (Å²) < 4.78 is 12.5. The molecule has 0 spiro atoms. The van der Waals surface area contributed by atoms with Gasteiger partial charge in [-0.2, -0.15) is 0 Å². The molecule has 0 atom stereocenters. The fourth-order valence-corrected chi connectivity index (χ4v) is 6.52. The largest absolute Gasteiger partial charge is 0.449 e. The van der Waals surface area contributed by atoms with Gasteiger partial charge in [0.05, 0.1) is 40.4 Å². The van der Waals surface area contributed by atoms with E-state index in [9.17, 15) is 28.8 Å². The summed E-state index contributed by atoms with van der Waals surface area (Å²) in [5.41, 5.74) is 4.91.